The molecule has 0 fully saturated rings. The molecule has 0 saturated heterocycles. The van der Waals surface area contributed by atoms with Crippen molar-refractivity contribution in [2.75, 3.05) is 7.11 Å². The minimum atomic E-state index is -1.61. The van der Waals surface area contributed by atoms with E-state index in [1.807, 2.05) is 0 Å². The summed E-state index contributed by atoms with van der Waals surface area (Å²) >= 11 is 0. The van der Waals surface area contributed by atoms with E-state index in [9.17, 15) is 14.8 Å². The zero-order chi connectivity index (χ0) is 14.7. The molecule has 0 spiro atoms. The molecule has 0 amide bonds. The average molecular weight is 274 g/mol. The molecule has 7 heteroatoms. The molecular formula is C13H15BN2O4. The summed E-state index contributed by atoms with van der Waals surface area (Å²) in [7, 11) is -0.0955. The van der Waals surface area contributed by atoms with E-state index in [1.54, 1.807) is 31.3 Å². The first-order chi connectivity index (χ1) is 9.51. The SMILES string of the molecule is COc1ccc(B(O)O)c(Cn2ncc(C)cc2=O)c1. The van der Waals surface area contributed by atoms with Crippen LogP contribution >= 0.6 is 0 Å². The van der Waals surface area contributed by atoms with E-state index < -0.39 is 7.12 Å². The Morgan fingerprint density at radius 3 is 2.70 bits per heavy atom. The Kier molecular flexibility index (Phi) is 4.21. The number of ether oxygens (including phenoxy) is 1. The number of hydrogen-bond donors (Lipinski definition) is 2. The van der Waals surface area contributed by atoms with Gasteiger partial charge >= 0.3 is 7.12 Å². The van der Waals surface area contributed by atoms with Crippen LogP contribution in [0, 0.1) is 6.92 Å². The van der Waals surface area contributed by atoms with Crippen molar-refractivity contribution in [3.05, 3.63) is 51.9 Å². The monoisotopic (exact) mass is 274 g/mol. The Morgan fingerprint density at radius 1 is 1.35 bits per heavy atom. The summed E-state index contributed by atoms with van der Waals surface area (Å²) in [5, 5.41) is 22.8. The molecule has 2 rings (SSSR count). The first-order valence-electron chi connectivity index (χ1n) is 6.08. The number of benzene rings is 1. The van der Waals surface area contributed by atoms with Gasteiger partial charge in [0.25, 0.3) is 5.56 Å². The van der Waals surface area contributed by atoms with Crippen molar-refractivity contribution < 1.29 is 14.8 Å². The molecule has 0 aliphatic rings. The van der Waals surface area contributed by atoms with Gasteiger partial charge in [-0.3, -0.25) is 4.79 Å². The Morgan fingerprint density at radius 2 is 2.10 bits per heavy atom. The summed E-state index contributed by atoms with van der Waals surface area (Å²) in [4.78, 5) is 11.8. The molecule has 1 aromatic carbocycles. The van der Waals surface area contributed by atoms with E-state index in [2.05, 4.69) is 5.10 Å². The molecule has 0 radical (unpaired) electrons. The van der Waals surface area contributed by atoms with Gasteiger partial charge in [0.05, 0.1) is 19.9 Å². The standard InChI is InChI=1S/C13H15BN2O4/c1-9-5-13(17)16(15-7-9)8-10-6-11(20-2)3-4-12(10)14(18)19/h3-7,18-19H,8H2,1-2H3. The van der Waals surface area contributed by atoms with Gasteiger partial charge in [-0.05, 0) is 35.6 Å². The fraction of sp³-hybridized carbons (Fsp3) is 0.231. The van der Waals surface area contributed by atoms with Crippen LogP contribution in [0.15, 0.2) is 35.3 Å². The van der Waals surface area contributed by atoms with Crippen LogP contribution < -0.4 is 15.8 Å². The predicted octanol–water partition coefficient (Wildman–Crippen LogP) is -0.712. The number of aryl methyl sites for hydroxylation is 1. The third kappa shape index (κ3) is 3.07. The van der Waals surface area contributed by atoms with Gasteiger partial charge in [0.15, 0.2) is 0 Å². The summed E-state index contributed by atoms with van der Waals surface area (Å²) in [5.74, 6) is 0.574. The molecule has 20 heavy (non-hydrogen) atoms. The first-order valence-corrected chi connectivity index (χ1v) is 6.08. The highest BCUT2D eigenvalue weighted by molar-refractivity contribution is 6.59. The lowest BCUT2D eigenvalue weighted by atomic mass is 9.77. The molecule has 1 aromatic heterocycles. The minimum Gasteiger partial charge on any atom is -0.497 e. The fourth-order valence-electron chi connectivity index (χ4n) is 1.90. The largest absolute Gasteiger partial charge is 0.497 e. The molecule has 0 aliphatic carbocycles. The smallest absolute Gasteiger partial charge is 0.488 e. The van der Waals surface area contributed by atoms with Gasteiger partial charge in [0.2, 0.25) is 0 Å². The lowest BCUT2D eigenvalue weighted by molar-refractivity contribution is 0.413. The molecule has 1 heterocycles. The highest BCUT2D eigenvalue weighted by Gasteiger charge is 2.17. The van der Waals surface area contributed by atoms with Gasteiger partial charge in [-0.2, -0.15) is 5.10 Å². The normalized spacial score (nSPS) is 10.4. The lowest BCUT2D eigenvalue weighted by Crippen LogP contribution is -2.35. The van der Waals surface area contributed by atoms with Gasteiger partial charge in [-0.25, -0.2) is 4.68 Å². The molecular weight excluding hydrogens is 259 g/mol. The molecule has 2 aromatic rings. The molecule has 0 saturated carbocycles. The van der Waals surface area contributed by atoms with E-state index >= 15 is 0 Å². The molecule has 0 unspecified atom stereocenters. The third-order valence-corrected chi connectivity index (χ3v) is 2.95. The quantitative estimate of drug-likeness (QED) is 0.719. The fourth-order valence-corrected chi connectivity index (χ4v) is 1.90. The Bertz CT molecular complexity index is 670. The molecule has 104 valence electrons. The molecule has 0 atom stereocenters. The van der Waals surface area contributed by atoms with Crippen molar-refractivity contribution in [2.24, 2.45) is 0 Å². The van der Waals surface area contributed by atoms with Crippen molar-refractivity contribution in [1.82, 2.24) is 9.78 Å². The number of rotatable bonds is 4. The molecule has 0 bridgehead atoms. The maximum absolute atomic E-state index is 11.8. The maximum Gasteiger partial charge on any atom is 0.488 e. The van der Waals surface area contributed by atoms with Crippen LogP contribution in [0.25, 0.3) is 0 Å². The van der Waals surface area contributed by atoms with Crippen molar-refractivity contribution in [3.8, 4) is 5.75 Å². The Hall–Kier alpha value is -2.12. The highest BCUT2D eigenvalue weighted by atomic mass is 16.5. The van der Waals surface area contributed by atoms with Crippen LogP contribution in [0.5, 0.6) is 5.75 Å². The van der Waals surface area contributed by atoms with E-state index in [0.717, 1.165) is 5.56 Å². The Labute approximate surface area is 116 Å². The zero-order valence-corrected chi connectivity index (χ0v) is 11.3. The molecule has 6 nitrogen and oxygen atoms in total. The second-order valence-electron chi connectivity index (χ2n) is 4.47. The summed E-state index contributed by atoms with van der Waals surface area (Å²) in [6.45, 7) is 1.93. The van der Waals surface area contributed by atoms with Crippen LogP contribution in [0.1, 0.15) is 11.1 Å². The van der Waals surface area contributed by atoms with Gasteiger partial charge in [-0.15, -0.1) is 0 Å². The van der Waals surface area contributed by atoms with Gasteiger partial charge < -0.3 is 14.8 Å². The minimum absolute atomic E-state index is 0.142. The van der Waals surface area contributed by atoms with Crippen LogP contribution in [0.3, 0.4) is 0 Å². The van der Waals surface area contributed by atoms with Crippen LogP contribution in [0.4, 0.5) is 0 Å². The van der Waals surface area contributed by atoms with Gasteiger partial charge in [0.1, 0.15) is 5.75 Å². The maximum atomic E-state index is 11.8. The highest BCUT2D eigenvalue weighted by Crippen LogP contribution is 2.12. The van der Waals surface area contributed by atoms with Crippen LogP contribution in [0.2, 0.25) is 0 Å². The average Bonchev–Trinajstić information content (AvgIpc) is 2.41. The van der Waals surface area contributed by atoms with Crippen LogP contribution in [-0.2, 0) is 6.54 Å². The number of hydrogen-bond acceptors (Lipinski definition) is 5. The molecule has 2 N–H and O–H groups in total. The lowest BCUT2D eigenvalue weighted by Gasteiger charge is -2.12. The van der Waals surface area contributed by atoms with Crippen molar-refractivity contribution in [1.29, 1.82) is 0 Å². The Balaban J connectivity index is 2.43. The van der Waals surface area contributed by atoms with E-state index in [-0.39, 0.29) is 12.1 Å². The number of nitrogens with zero attached hydrogens (tertiary/aromatic N) is 2. The van der Waals surface area contributed by atoms with Crippen molar-refractivity contribution in [2.45, 2.75) is 13.5 Å². The van der Waals surface area contributed by atoms with Crippen molar-refractivity contribution >= 4 is 12.6 Å². The van der Waals surface area contributed by atoms with Gasteiger partial charge in [-0.1, -0.05) is 6.07 Å². The third-order valence-electron chi connectivity index (χ3n) is 2.95. The molecule has 0 aliphatic heterocycles. The topological polar surface area (TPSA) is 84.6 Å². The second kappa shape index (κ2) is 5.89. The summed E-state index contributed by atoms with van der Waals surface area (Å²) in [5.41, 5.74) is 1.42. The number of methoxy groups -OCH3 is 1. The number of aromatic nitrogens is 2. The van der Waals surface area contributed by atoms with E-state index in [0.29, 0.717) is 16.8 Å². The van der Waals surface area contributed by atoms with E-state index in [4.69, 9.17) is 4.74 Å². The van der Waals surface area contributed by atoms with E-state index in [1.165, 1.54) is 17.9 Å². The summed E-state index contributed by atoms with van der Waals surface area (Å²) in [6.07, 6.45) is 1.58. The zero-order valence-electron chi connectivity index (χ0n) is 11.3. The summed E-state index contributed by atoms with van der Waals surface area (Å²) < 4.78 is 6.36. The predicted molar refractivity (Wildman–Crippen MR) is 75.2 cm³/mol. The van der Waals surface area contributed by atoms with Crippen LogP contribution in [-0.4, -0.2) is 34.1 Å². The second-order valence-corrected chi connectivity index (χ2v) is 4.47. The van der Waals surface area contributed by atoms with Crippen molar-refractivity contribution in [3.63, 3.8) is 0 Å². The van der Waals surface area contributed by atoms with Gasteiger partial charge in [0, 0.05) is 6.07 Å². The summed E-state index contributed by atoms with van der Waals surface area (Å²) in [6, 6.07) is 6.31. The first kappa shape index (κ1) is 14.3.